The highest BCUT2D eigenvalue weighted by atomic mass is 127. The average Bonchev–Trinajstić information content (AvgIpc) is 3.32. The van der Waals surface area contributed by atoms with E-state index in [1.807, 2.05) is 48.9 Å². The van der Waals surface area contributed by atoms with Crippen molar-refractivity contribution in [3.63, 3.8) is 0 Å². The van der Waals surface area contributed by atoms with Gasteiger partial charge in [0.1, 0.15) is 35.7 Å². The molecule has 29 heavy (non-hydrogen) atoms. The van der Waals surface area contributed by atoms with Crippen LogP contribution in [0.4, 0.5) is 11.5 Å². The van der Waals surface area contributed by atoms with Crippen molar-refractivity contribution in [1.29, 1.82) is 0 Å². The zero-order valence-electron chi connectivity index (χ0n) is 16.3. The van der Waals surface area contributed by atoms with E-state index in [0.29, 0.717) is 12.4 Å². The van der Waals surface area contributed by atoms with Crippen molar-refractivity contribution in [2.75, 3.05) is 19.0 Å². The second-order valence-electron chi connectivity index (χ2n) is 7.49. The van der Waals surface area contributed by atoms with Gasteiger partial charge in [-0.1, -0.05) is 12.1 Å². The van der Waals surface area contributed by atoms with E-state index >= 15 is 0 Å². The van der Waals surface area contributed by atoms with Crippen LogP contribution in [0.25, 0.3) is 11.0 Å². The zero-order valence-corrected chi connectivity index (χ0v) is 18.4. The predicted octanol–water partition coefficient (Wildman–Crippen LogP) is 3.84. The lowest BCUT2D eigenvalue weighted by molar-refractivity contribution is -0.183. The second kappa shape index (κ2) is 7.08. The minimum Gasteiger partial charge on any atom is -0.495 e. The molecule has 2 aliphatic rings. The molecule has 0 aliphatic carbocycles. The number of aromatic nitrogens is 3. The molecular formula is C20H21IN4O4. The van der Waals surface area contributed by atoms with Gasteiger partial charge in [-0.15, -0.1) is 0 Å². The summed E-state index contributed by atoms with van der Waals surface area (Å²) in [4.78, 5) is 9.02. The number of methoxy groups -OCH3 is 1. The third kappa shape index (κ3) is 3.25. The van der Waals surface area contributed by atoms with Gasteiger partial charge in [0.05, 0.1) is 24.8 Å². The molecule has 0 radical (unpaired) electrons. The molecule has 3 atom stereocenters. The van der Waals surface area contributed by atoms with Crippen molar-refractivity contribution < 1.29 is 18.9 Å². The minimum absolute atomic E-state index is 0.0851. The van der Waals surface area contributed by atoms with E-state index < -0.39 is 5.79 Å². The second-order valence-corrected chi connectivity index (χ2v) is 8.66. The summed E-state index contributed by atoms with van der Waals surface area (Å²) in [5.41, 5.74) is 1.62. The number of anilines is 2. The van der Waals surface area contributed by atoms with Gasteiger partial charge in [-0.05, 0) is 48.6 Å². The molecule has 4 heterocycles. The maximum absolute atomic E-state index is 6.11. The van der Waals surface area contributed by atoms with Crippen LogP contribution >= 0.6 is 22.6 Å². The zero-order chi connectivity index (χ0) is 20.2. The Kier molecular flexibility index (Phi) is 4.65. The normalized spacial score (nSPS) is 25.3. The summed E-state index contributed by atoms with van der Waals surface area (Å²) < 4.78 is 26.6. The summed E-state index contributed by atoms with van der Waals surface area (Å²) >= 11 is 2.30. The van der Waals surface area contributed by atoms with E-state index in [9.17, 15) is 0 Å². The summed E-state index contributed by atoms with van der Waals surface area (Å²) in [5, 5.41) is 4.30. The molecule has 8 nitrogen and oxygen atoms in total. The number of benzene rings is 1. The van der Waals surface area contributed by atoms with Gasteiger partial charge in [-0.25, -0.2) is 9.97 Å². The van der Waals surface area contributed by atoms with E-state index in [4.69, 9.17) is 18.9 Å². The maximum atomic E-state index is 6.11. The molecule has 2 saturated heterocycles. The number of hydrogen-bond donors (Lipinski definition) is 1. The SMILES string of the molecule is COc1ccccc1Nc1ncnc2c1c(I)cn2[C@@H]1OC[C@H]2OC(C)(C)O[C@@H]12. The van der Waals surface area contributed by atoms with Gasteiger partial charge < -0.3 is 28.8 Å². The fraction of sp³-hybridized carbons (Fsp3) is 0.400. The Morgan fingerprint density at radius 2 is 2.07 bits per heavy atom. The smallest absolute Gasteiger partial charge is 0.164 e. The van der Waals surface area contributed by atoms with Crippen LogP contribution in [0.3, 0.4) is 0 Å². The number of halogens is 1. The highest BCUT2D eigenvalue weighted by Crippen LogP contribution is 2.42. The van der Waals surface area contributed by atoms with Gasteiger partial charge in [-0.2, -0.15) is 0 Å². The number of rotatable bonds is 4. The van der Waals surface area contributed by atoms with Crippen molar-refractivity contribution in [1.82, 2.24) is 14.5 Å². The molecule has 0 bridgehead atoms. The predicted molar refractivity (Wildman–Crippen MR) is 115 cm³/mol. The Hall–Kier alpha value is -1.95. The molecule has 2 aromatic heterocycles. The fourth-order valence-electron chi connectivity index (χ4n) is 3.96. The third-order valence-corrected chi connectivity index (χ3v) is 5.95. The first kappa shape index (κ1) is 19.0. The number of hydrogen-bond acceptors (Lipinski definition) is 7. The summed E-state index contributed by atoms with van der Waals surface area (Å²) in [5.74, 6) is 0.842. The van der Waals surface area contributed by atoms with Gasteiger partial charge in [0, 0.05) is 9.77 Å². The molecule has 1 aromatic carbocycles. The Morgan fingerprint density at radius 1 is 1.24 bits per heavy atom. The molecule has 0 saturated carbocycles. The highest BCUT2D eigenvalue weighted by molar-refractivity contribution is 14.1. The van der Waals surface area contributed by atoms with Gasteiger partial charge >= 0.3 is 0 Å². The highest BCUT2D eigenvalue weighted by Gasteiger charge is 2.51. The van der Waals surface area contributed by atoms with Crippen LogP contribution in [-0.4, -0.2) is 46.2 Å². The number of para-hydroxylation sites is 2. The van der Waals surface area contributed by atoms with Crippen molar-refractivity contribution in [2.45, 2.75) is 38.1 Å². The molecule has 9 heteroatoms. The van der Waals surface area contributed by atoms with Crippen molar-refractivity contribution in [2.24, 2.45) is 0 Å². The van der Waals surface area contributed by atoms with Crippen LogP contribution in [0.1, 0.15) is 20.1 Å². The van der Waals surface area contributed by atoms with E-state index in [0.717, 1.165) is 26.0 Å². The Labute approximate surface area is 181 Å². The van der Waals surface area contributed by atoms with E-state index in [1.54, 1.807) is 13.4 Å². The Morgan fingerprint density at radius 3 is 2.90 bits per heavy atom. The van der Waals surface area contributed by atoms with E-state index in [2.05, 4.69) is 37.9 Å². The first-order valence-electron chi connectivity index (χ1n) is 9.35. The minimum atomic E-state index is -0.612. The summed E-state index contributed by atoms with van der Waals surface area (Å²) in [6, 6.07) is 7.74. The molecule has 0 amide bonds. The number of nitrogens with zero attached hydrogens (tertiary/aromatic N) is 3. The Balaban J connectivity index is 1.54. The summed E-state index contributed by atoms with van der Waals surface area (Å²) in [6.07, 6.45) is 3.00. The van der Waals surface area contributed by atoms with Crippen LogP contribution in [0.2, 0.25) is 0 Å². The molecule has 0 spiro atoms. The largest absolute Gasteiger partial charge is 0.495 e. The van der Waals surface area contributed by atoms with Crippen LogP contribution in [0, 0.1) is 3.57 Å². The van der Waals surface area contributed by atoms with Gasteiger partial charge in [0.2, 0.25) is 0 Å². The maximum Gasteiger partial charge on any atom is 0.164 e. The van der Waals surface area contributed by atoms with Gasteiger partial charge in [0.15, 0.2) is 12.0 Å². The standard InChI is InChI=1S/C20H21IN4O4/c1-20(2)28-14-9-27-19(16(14)29-20)25-8-11(21)15-17(22-10-23-18(15)25)24-12-6-4-5-7-13(12)26-3/h4-8,10,14,16,19H,9H2,1-3H3,(H,22,23,24)/t14-,16-,19-/m1/s1. The quantitative estimate of drug-likeness (QED) is 0.537. The summed E-state index contributed by atoms with van der Waals surface area (Å²) in [6.45, 7) is 4.35. The lowest BCUT2D eigenvalue weighted by Gasteiger charge is -2.22. The summed E-state index contributed by atoms with van der Waals surface area (Å²) in [7, 11) is 1.65. The first-order chi connectivity index (χ1) is 14.0. The topological polar surface area (TPSA) is 79.7 Å². The van der Waals surface area contributed by atoms with Crippen molar-refractivity contribution in [3.8, 4) is 5.75 Å². The molecule has 1 N–H and O–H groups in total. The lowest BCUT2D eigenvalue weighted by Crippen LogP contribution is -2.27. The van der Waals surface area contributed by atoms with Gasteiger partial charge in [0.25, 0.3) is 0 Å². The third-order valence-electron chi connectivity index (χ3n) is 5.13. The fourth-order valence-corrected chi connectivity index (χ4v) is 4.76. The molecule has 152 valence electrons. The van der Waals surface area contributed by atoms with Crippen molar-refractivity contribution in [3.05, 3.63) is 40.4 Å². The van der Waals surface area contributed by atoms with E-state index in [1.165, 1.54) is 0 Å². The van der Waals surface area contributed by atoms with Gasteiger partial charge in [-0.3, -0.25) is 0 Å². The van der Waals surface area contributed by atoms with Crippen LogP contribution in [-0.2, 0) is 14.2 Å². The average molecular weight is 508 g/mol. The van der Waals surface area contributed by atoms with Crippen molar-refractivity contribution >= 4 is 45.1 Å². The number of ether oxygens (including phenoxy) is 4. The molecular weight excluding hydrogens is 487 g/mol. The Bertz CT molecular complexity index is 1070. The first-order valence-corrected chi connectivity index (χ1v) is 10.4. The lowest BCUT2D eigenvalue weighted by atomic mass is 10.2. The monoisotopic (exact) mass is 508 g/mol. The molecule has 3 aromatic rings. The molecule has 5 rings (SSSR count). The molecule has 2 aliphatic heterocycles. The molecule has 2 fully saturated rings. The molecule has 0 unspecified atom stereocenters. The number of nitrogens with one attached hydrogen (secondary N) is 1. The van der Waals surface area contributed by atoms with Crippen LogP contribution in [0.5, 0.6) is 5.75 Å². The number of fused-ring (bicyclic) bond motifs is 2. The van der Waals surface area contributed by atoms with Crippen LogP contribution < -0.4 is 10.1 Å². The van der Waals surface area contributed by atoms with E-state index in [-0.39, 0.29) is 18.4 Å². The van der Waals surface area contributed by atoms with Crippen LogP contribution in [0.15, 0.2) is 36.8 Å².